The molecule has 0 aliphatic rings. The van der Waals surface area contributed by atoms with Crippen molar-refractivity contribution >= 4 is 29.4 Å². The Morgan fingerprint density at radius 3 is 2.43 bits per heavy atom. The Hall–Kier alpha value is -1.82. The lowest BCUT2D eigenvalue weighted by molar-refractivity contribution is -0.133. The van der Waals surface area contributed by atoms with Crippen molar-refractivity contribution in [2.45, 2.75) is 19.8 Å². The number of aryl methyl sites for hydroxylation is 1. The Kier molecular flexibility index (Phi) is 7.53. The van der Waals surface area contributed by atoms with Gasteiger partial charge < -0.3 is 10.4 Å². The van der Waals surface area contributed by atoms with Gasteiger partial charge >= 0.3 is 5.97 Å². The SMILES string of the molecule is Cc1ccc(C(=O)CCC(=O)NCCSCC(=O)O)cc1. The normalized spacial score (nSPS) is 10.1. The molecule has 21 heavy (non-hydrogen) atoms. The van der Waals surface area contributed by atoms with Crippen LogP contribution < -0.4 is 5.32 Å². The monoisotopic (exact) mass is 309 g/mol. The minimum absolute atomic E-state index is 0.0295. The molecule has 2 N–H and O–H groups in total. The number of hydrogen-bond acceptors (Lipinski definition) is 4. The molecule has 0 aromatic heterocycles. The van der Waals surface area contributed by atoms with Crippen molar-refractivity contribution in [1.29, 1.82) is 0 Å². The molecular weight excluding hydrogens is 290 g/mol. The van der Waals surface area contributed by atoms with Crippen LogP contribution in [0.1, 0.15) is 28.8 Å². The lowest BCUT2D eigenvalue weighted by Gasteiger charge is -2.04. The second kappa shape index (κ2) is 9.18. The van der Waals surface area contributed by atoms with Gasteiger partial charge in [0.05, 0.1) is 5.75 Å². The molecule has 1 aromatic rings. The summed E-state index contributed by atoms with van der Waals surface area (Å²) in [6.45, 7) is 2.36. The second-order valence-electron chi connectivity index (χ2n) is 4.59. The van der Waals surface area contributed by atoms with E-state index in [1.54, 1.807) is 12.1 Å². The van der Waals surface area contributed by atoms with Crippen molar-refractivity contribution < 1.29 is 19.5 Å². The highest BCUT2D eigenvalue weighted by Gasteiger charge is 2.09. The minimum Gasteiger partial charge on any atom is -0.481 e. The Balaban J connectivity index is 2.19. The maximum absolute atomic E-state index is 11.9. The van der Waals surface area contributed by atoms with Gasteiger partial charge in [-0.1, -0.05) is 29.8 Å². The number of carbonyl (C=O) groups excluding carboxylic acids is 2. The van der Waals surface area contributed by atoms with E-state index in [1.807, 2.05) is 19.1 Å². The summed E-state index contributed by atoms with van der Waals surface area (Å²) in [5, 5.41) is 11.1. The van der Waals surface area contributed by atoms with Crippen molar-refractivity contribution in [3.63, 3.8) is 0 Å². The lowest BCUT2D eigenvalue weighted by atomic mass is 10.1. The first kappa shape index (κ1) is 17.2. The molecule has 114 valence electrons. The van der Waals surface area contributed by atoms with Crippen LogP contribution in [-0.2, 0) is 9.59 Å². The van der Waals surface area contributed by atoms with Gasteiger partial charge in [0.2, 0.25) is 5.91 Å². The zero-order valence-corrected chi connectivity index (χ0v) is 12.7. The maximum atomic E-state index is 11.9. The van der Waals surface area contributed by atoms with Crippen molar-refractivity contribution in [3.05, 3.63) is 35.4 Å². The van der Waals surface area contributed by atoms with Crippen LogP contribution in [0.4, 0.5) is 0 Å². The van der Waals surface area contributed by atoms with Gasteiger partial charge in [0.1, 0.15) is 0 Å². The van der Waals surface area contributed by atoms with Crippen LogP contribution in [0.2, 0.25) is 0 Å². The number of hydrogen-bond donors (Lipinski definition) is 2. The highest BCUT2D eigenvalue weighted by Crippen LogP contribution is 2.07. The van der Waals surface area contributed by atoms with Gasteiger partial charge in [-0.05, 0) is 6.92 Å². The number of aliphatic carboxylic acids is 1. The third-order valence-corrected chi connectivity index (χ3v) is 3.69. The predicted molar refractivity (Wildman–Crippen MR) is 82.7 cm³/mol. The number of nitrogens with one attached hydrogen (secondary N) is 1. The van der Waals surface area contributed by atoms with E-state index >= 15 is 0 Å². The molecular formula is C15H19NO4S. The summed E-state index contributed by atoms with van der Waals surface area (Å²) < 4.78 is 0. The molecule has 0 heterocycles. The molecule has 6 heteroatoms. The molecule has 0 aliphatic carbocycles. The molecule has 0 unspecified atom stereocenters. The van der Waals surface area contributed by atoms with Crippen molar-refractivity contribution in [2.24, 2.45) is 0 Å². The highest BCUT2D eigenvalue weighted by molar-refractivity contribution is 7.99. The van der Waals surface area contributed by atoms with Crippen LogP contribution in [0, 0.1) is 6.92 Å². The summed E-state index contributed by atoms with van der Waals surface area (Å²) in [5.41, 5.74) is 1.70. The van der Waals surface area contributed by atoms with Crippen LogP contribution in [0.25, 0.3) is 0 Å². The summed E-state index contributed by atoms with van der Waals surface area (Å²) in [6.07, 6.45) is 0.327. The van der Waals surface area contributed by atoms with Crippen molar-refractivity contribution in [3.8, 4) is 0 Å². The number of rotatable bonds is 9. The molecule has 0 saturated carbocycles. The largest absolute Gasteiger partial charge is 0.481 e. The Bertz CT molecular complexity index is 499. The number of carboxylic acid groups (broad SMARTS) is 1. The maximum Gasteiger partial charge on any atom is 0.313 e. The van der Waals surface area contributed by atoms with E-state index in [1.165, 1.54) is 11.8 Å². The Morgan fingerprint density at radius 1 is 1.14 bits per heavy atom. The van der Waals surface area contributed by atoms with Crippen LogP contribution in [-0.4, -0.2) is 40.8 Å². The number of benzene rings is 1. The second-order valence-corrected chi connectivity index (χ2v) is 5.69. The van der Waals surface area contributed by atoms with E-state index in [-0.39, 0.29) is 30.3 Å². The first-order valence-electron chi connectivity index (χ1n) is 6.65. The first-order valence-corrected chi connectivity index (χ1v) is 7.80. The summed E-state index contributed by atoms with van der Waals surface area (Å²) >= 11 is 1.24. The molecule has 0 spiro atoms. The summed E-state index contributed by atoms with van der Waals surface area (Å²) in [4.78, 5) is 33.7. The van der Waals surface area contributed by atoms with E-state index < -0.39 is 5.97 Å². The predicted octanol–water partition coefficient (Wildman–Crippen LogP) is 1.89. The molecule has 1 rings (SSSR count). The van der Waals surface area contributed by atoms with E-state index in [9.17, 15) is 14.4 Å². The van der Waals surface area contributed by atoms with Gasteiger partial charge in [-0.3, -0.25) is 14.4 Å². The molecule has 5 nitrogen and oxygen atoms in total. The zero-order chi connectivity index (χ0) is 15.7. The van der Waals surface area contributed by atoms with E-state index in [4.69, 9.17) is 5.11 Å². The quantitative estimate of drug-likeness (QED) is 0.537. The fourth-order valence-corrected chi connectivity index (χ4v) is 2.19. The number of carbonyl (C=O) groups is 3. The van der Waals surface area contributed by atoms with Crippen LogP contribution >= 0.6 is 11.8 Å². The molecule has 0 atom stereocenters. The standard InChI is InChI=1S/C15H19NO4S/c1-11-2-4-12(5-3-11)13(17)6-7-14(18)16-8-9-21-10-15(19)20/h2-5H,6-10H2,1H3,(H,16,18)(H,19,20). The molecule has 1 amide bonds. The topological polar surface area (TPSA) is 83.5 Å². The van der Waals surface area contributed by atoms with Gasteiger partial charge in [-0.15, -0.1) is 11.8 Å². The van der Waals surface area contributed by atoms with Crippen molar-refractivity contribution in [2.75, 3.05) is 18.1 Å². The lowest BCUT2D eigenvalue weighted by Crippen LogP contribution is -2.26. The number of Topliss-reactive ketones (excluding diaryl/α,β-unsaturated/α-hetero) is 1. The summed E-state index contributed by atoms with van der Waals surface area (Å²) in [7, 11) is 0. The van der Waals surface area contributed by atoms with Crippen LogP contribution in [0.5, 0.6) is 0 Å². The van der Waals surface area contributed by atoms with Gasteiger partial charge in [-0.2, -0.15) is 0 Å². The van der Waals surface area contributed by atoms with Crippen LogP contribution in [0.15, 0.2) is 24.3 Å². The third kappa shape index (κ3) is 7.51. The number of carboxylic acids is 1. The molecule has 0 aliphatic heterocycles. The van der Waals surface area contributed by atoms with E-state index in [2.05, 4.69) is 5.32 Å². The minimum atomic E-state index is -0.866. The molecule has 0 bridgehead atoms. The smallest absolute Gasteiger partial charge is 0.313 e. The average molecular weight is 309 g/mol. The van der Waals surface area contributed by atoms with Crippen molar-refractivity contribution in [1.82, 2.24) is 5.32 Å². The molecule has 0 fully saturated rings. The Labute approximate surface area is 128 Å². The third-order valence-electron chi connectivity index (χ3n) is 2.75. The highest BCUT2D eigenvalue weighted by atomic mass is 32.2. The van der Waals surface area contributed by atoms with E-state index in [0.717, 1.165) is 5.56 Å². The van der Waals surface area contributed by atoms with Crippen LogP contribution in [0.3, 0.4) is 0 Å². The summed E-state index contributed by atoms with van der Waals surface area (Å²) in [6, 6.07) is 7.26. The zero-order valence-electron chi connectivity index (χ0n) is 11.9. The molecule has 0 saturated heterocycles. The average Bonchev–Trinajstić information content (AvgIpc) is 2.44. The first-order chi connectivity index (χ1) is 9.99. The van der Waals surface area contributed by atoms with Gasteiger partial charge in [0.25, 0.3) is 0 Å². The van der Waals surface area contributed by atoms with E-state index in [0.29, 0.717) is 17.9 Å². The van der Waals surface area contributed by atoms with Gasteiger partial charge in [0.15, 0.2) is 5.78 Å². The number of ketones is 1. The fourth-order valence-electron chi connectivity index (χ4n) is 1.62. The fraction of sp³-hybridized carbons (Fsp3) is 0.400. The number of thioether (sulfide) groups is 1. The van der Waals surface area contributed by atoms with Gasteiger partial charge in [-0.25, -0.2) is 0 Å². The van der Waals surface area contributed by atoms with Gasteiger partial charge in [0, 0.05) is 30.7 Å². The molecule has 0 radical (unpaired) electrons. The summed E-state index contributed by atoms with van der Waals surface area (Å²) in [5.74, 6) is -0.530. The molecule has 1 aromatic carbocycles. The Morgan fingerprint density at radius 2 is 1.81 bits per heavy atom. The number of amides is 1.